The van der Waals surface area contributed by atoms with Gasteiger partial charge in [-0.1, -0.05) is 45.8 Å². The summed E-state index contributed by atoms with van der Waals surface area (Å²) in [6.07, 6.45) is 8.30. The van der Waals surface area contributed by atoms with Crippen molar-refractivity contribution in [3.63, 3.8) is 0 Å². The molecule has 4 heteroatoms. The molecule has 0 spiro atoms. The van der Waals surface area contributed by atoms with Gasteiger partial charge in [0.1, 0.15) is 0 Å². The Bertz CT molecular complexity index is 737. The monoisotopic (exact) mass is 358 g/mol. The molecule has 1 fully saturated rings. The highest BCUT2D eigenvalue weighted by Crippen LogP contribution is 2.58. The number of methoxy groups -OCH3 is 1. The summed E-state index contributed by atoms with van der Waals surface area (Å²) in [6.45, 7) is 9.05. The van der Waals surface area contributed by atoms with Gasteiger partial charge in [0.25, 0.3) is 0 Å². The van der Waals surface area contributed by atoms with Crippen LogP contribution in [-0.2, 0) is 14.3 Å². The lowest BCUT2D eigenvalue weighted by Gasteiger charge is -2.53. The highest BCUT2D eigenvalue weighted by molar-refractivity contribution is 6.20. The van der Waals surface area contributed by atoms with Crippen LogP contribution in [0, 0.1) is 22.7 Å². The molecule has 3 rings (SSSR count). The zero-order chi connectivity index (χ0) is 19.3. The van der Waals surface area contributed by atoms with Gasteiger partial charge in [-0.15, -0.1) is 0 Å². The van der Waals surface area contributed by atoms with E-state index < -0.39 is 11.5 Å². The summed E-state index contributed by atoms with van der Waals surface area (Å²) < 4.78 is 5.08. The number of hydrogen-bond acceptors (Lipinski definition) is 4. The molecule has 3 atom stereocenters. The van der Waals surface area contributed by atoms with Crippen LogP contribution in [-0.4, -0.2) is 23.8 Å². The van der Waals surface area contributed by atoms with E-state index in [1.807, 2.05) is 0 Å². The molecule has 1 saturated carbocycles. The number of carbonyl (C=O) groups is 2. The minimum Gasteiger partial charge on any atom is -0.504 e. The maximum atomic E-state index is 12.7. The molecule has 0 aromatic carbocycles. The lowest BCUT2D eigenvalue weighted by atomic mass is 9.51. The first-order chi connectivity index (χ1) is 12.1. The molecule has 0 aromatic rings. The van der Waals surface area contributed by atoms with Crippen LogP contribution in [0.15, 0.2) is 34.8 Å². The smallest absolute Gasteiger partial charge is 0.227 e. The third-order valence-electron chi connectivity index (χ3n) is 7.12. The minimum absolute atomic E-state index is 0.0228. The van der Waals surface area contributed by atoms with Crippen molar-refractivity contribution in [2.75, 3.05) is 7.11 Å². The van der Waals surface area contributed by atoms with Crippen molar-refractivity contribution in [3.05, 3.63) is 34.8 Å². The van der Waals surface area contributed by atoms with Crippen molar-refractivity contribution in [1.29, 1.82) is 0 Å². The summed E-state index contributed by atoms with van der Waals surface area (Å²) in [7, 11) is 1.38. The summed E-state index contributed by atoms with van der Waals surface area (Å²) in [5.41, 5.74) is 1.71. The van der Waals surface area contributed by atoms with E-state index in [4.69, 9.17) is 4.74 Å². The standard InChI is InChI=1S/C22H30O4/c1-13-8-9-15-16(7-6-10-21(15,2)3)22(13,4)12-14-19(24)17(23)11-18(26-5)20(14)25/h9,11,13,16,24H,6-8,10,12H2,1-5H3/t13-,16+,22+/m0/s1. The van der Waals surface area contributed by atoms with Gasteiger partial charge in [-0.05, 0) is 48.3 Å². The number of hydrogen-bond donors (Lipinski definition) is 1. The van der Waals surface area contributed by atoms with E-state index in [0.717, 1.165) is 18.9 Å². The lowest BCUT2D eigenvalue weighted by Crippen LogP contribution is -2.44. The fourth-order valence-corrected chi connectivity index (χ4v) is 5.19. The summed E-state index contributed by atoms with van der Waals surface area (Å²) in [6, 6.07) is 0. The van der Waals surface area contributed by atoms with Crippen LogP contribution in [0.4, 0.5) is 0 Å². The molecule has 3 aliphatic carbocycles. The topological polar surface area (TPSA) is 63.6 Å². The van der Waals surface area contributed by atoms with Gasteiger partial charge in [0.05, 0.1) is 7.11 Å². The summed E-state index contributed by atoms with van der Waals surface area (Å²) in [5.74, 6) is -0.544. The van der Waals surface area contributed by atoms with Crippen LogP contribution < -0.4 is 0 Å². The largest absolute Gasteiger partial charge is 0.504 e. The summed E-state index contributed by atoms with van der Waals surface area (Å²) >= 11 is 0. The Balaban J connectivity index is 2.00. The van der Waals surface area contributed by atoms with Crippen molar-refractivity contribution in [2.24, 2.45) is 22.7 Å². The van der Waals surface area contributed by atoms with Gasteiger partial charge in [0, 0.05) is 11.6 Å². The molecule has 26 heavy (non-hydrogen) atoms. The van der Waals surface area contributed by atoms with Gasteiger partial charge in [0.15, 0.2) is 11.5 Å². The Kier molecular flexibility index (Phi) is 4.66. The molecule has 0 saturated heterocycles. The number of Topliss-reactive ketones (excluding diaryl/α,β-unsaturated/α-hetero) is 1. The summed E-state index contributed by atoms with van der Waals surface area (Å²) in [5, 5.41) is 10.3. The SMILES string of the molecule is COC1=CC(=O)C(O)=C(C[C@@]2(C)[C@@H]3CCCC(C)(C)C3=CC[C@@H]2C)C1=O. The molecule has 142 valence electrons. The highest BCUT2D eigenvalue weighted by Gasteiger charge is 2.49. The zero-order valence-electron chi connectivity index (χ0n) is 16.5. The highest BCUT2D eigenvalue weighted by atomic mass is 16.5. The Morgan fingerprint density at radius 3 is 2.62 bits per heavy atom. The maximum Gasteiger partial charge on any atom is 0.227 e. The van der Waals surface area contributed by atoms with Crippen LogP contribution in [0.2, 0.25) is 0 Å². The van der Waals surface area contributed by atoms with E-state index in [1.165, 1.54) is 25.5 Å². The lowest BCUT2D eigenvalue weighted by molar-refractivity contribution is -0.120. The van der Waals surface area contributed by atoms with Crippen molar-refractivity contribution in [1.82, 2.24) is 0 Å². The van der Waals surface area contributed by atoms with Gasteiger partial charge in [-0.3, -0.25) is 9.59 Å². The molecule has 0 radical (unpaired) electrons. The molecular weight excluding hydrogens is 328 g/mol. The Labute approximate surface area is 156 Å². The number of ether oxygens (including phenoxy) is 1. The first-order valence-electron chi connectivity index (χ1n) is 9.59. The molecule has 0 aliphatic heterocycles. The Hall–Kier alpha value is -1.84. The number of carbonyl (C=O) groups excluding carboxylic acids is 2. The van der Waals surface area contributed by atoms with Crippen LogP contribution in [0.1, 0.15) is 59.8 Å². The molecule has 4 nitrogen and oxygen atoms in total. The number of aliphatic hydroxyl groups excluding tert-OH is 1. The molecule has 0 aromatic heterocycles. The number of aliphatic hydroxyl groups is 1. The molecule has 0 amide bonds. The quantitative estimate of drug-likeness (QED) is 0.588. The zero-order valence-corrected chi connectivity index (χ0v) is 16.5. The van der Waals surface area contributed by atoms with Gasteiger partial charge >= 0.3 is 0 Å². The predicted molar refractivity (Wildman–Crippen MR) is 100 cm³/mol. The Morgan fingerprint density at radius 1 is 1.27 bits per heavy atom. The number of rotatable bonds is 3. The maximum absolute atomic E-state index is 12.7. The van der Waals surface area contributed by atoms with E-state index in [1.54, 1.807) is 0 Å². The number of ketones is 2. The second-order valence-corrected chi connectivity index (χ2v) is 9.04. The van der Waals surface area contributed by atoms with Gasteiger partial charge in [0.2, 0.25) is 11.6 Å². The van der Waals surface area contributed by atoms with Crippen LogP contribution in [0.5, 0.6) is 0 Å². The van der Waals surface area contributed by atoms with E-state index in [9.17, 15) is 14.7 Å². The van der Waals surface area contributed by atoms with Crippen molar-refractivity contribution < 1.29 is 19.4 Å². The molecule has 0 unspecified atom stereocenters. The third kappa shape index (κ3) is 2.83. The first-order valence-corrected chi connectivity index (χ1v) is 9.59. The fraction of sp³-hybridized carbons (Fsp3) is 0.636. The normalized spacial score (nSPS) is 34.2. The van der Waals surface area contributed by atoms with Crippen LogP contribution in [0.3, 0.4) is 0 Å². The van der Waals surface area contributed by atoms with Gasteiger partial charge < -0.3 is 9.84 Å². The molecule has 1 N–H and O–H groups in total. The van der Waals surface area contributed by atoms with Crippen molar-refractivity contribution in [3.8, 4) is 0 Å². The minimum atomic E-state index is -0.539. The van der Waals surface area contributed by atoms with Crippen molar-refractivity contribution >= 4 is 11.6 Å². The van der Waals surface area contributed by atoms with E-state index >= 15 is 0 Å². The summed E-state index contributed by atoms with van der Waals surface area (Å²) in [4.78, 5) is 24.8. The fourth-order valence-electron chi connectivity index (χ4n) is 5.19. The second kappa shape index (κ2) is 6.40. The van der Waals surface area contributed by atoms with Crippen molar-refractivity contribution in [2.45, 2.75) is 59.8 Å². The van der Waals surface area contributed by atoms with Gasteiger partial charge in [-0.25, -0.2) is 0 Å². The first kappa shape index (κ1) is 18.9. The molecule has 0 bridgehead atoms. The Morgan fingerprint density at radius 2 is 1.96 bits per heavy atom. The van der Waals surface area contributed by atoms with E-state index in [-0.39, 0.29) is 27.9 Å². The van der Waals surface area contributed by atoms with Gasteiger partial charge in [-0.2, -0.15) is 0 Å². The average molecular weight is 358 g/mol. The van der Waals surface area contributed by atoms with Crippen LogP contribution >= 0.6 is 0 Å². The third-order valence-corrected chi connectivity index (χ3v) is 7.12. The predicted octanol–water partition coefficient (Wildman–Crippen LogP) is 4.67. The molecule has 3 aliphatic rings. The number of allylic oxidation sites excluding steroid dienone is 4. The molecular formula is C22H30O4. The molecule has 0 heterocycles. The number of fused-ring (bicyclic) bond motifs is 1. The van der Waals surface area contributed by atoms with Crippen LogP contribution in [0.25, 0.3) is 0 Å². The second-order valence-electron chi connectivity index (χ2n) is 9.04. The van der Waals surface area contributed by atoms with E-state index in [0.29, 0.717) is 18.3 Å². The van der Waals surface area contributed by atoms with E-state index in [2.05, 4.69) is 33.8 Å². The average Bonchev–Trinajstić information content (AvgIpc) is 2.58.